The van der Waals surface area contributed by atoms with Gasteiger partial charge in [0, 0.05) is 75.4 Å². The summed E-state index contributed by atoms with van der Waals surface area (Å²) in [6.45, 7) is -5.69. The maximum Gasteiger partial charge on any atom is 0.488 e. The van der Waals surface area contributed by atoms with Crippen LogP contribution in [-0.2, 0) is 38.8 Å². The molecule has 1 saturated heterocycles. The molecule has 0 aromatic carbocycles. The molecule has 4 radical (unpaired) electrons. The third-order valence-electron chi connectivity index (χ3n) is 3.88. The molecule has 18 nitrogen and oxygen atoms in total. The maximum absolute atomic E-state index is 11.9. The van der Waals surface area contributed by atoms with Crippen molar-refractivity contribution in [2.75, 3.05) is 12.3 Å². The molecule has 1 fully saturated rings. The van der Waals surface area contributed by atoms with E-state index in [9.17, 15) is 33.9 Å². The second kappa shape index (κ2) is 14.8. The third kappa shape index (κ3) is 10.0. The molecular weight excluding hydrogens is 551 g/mol. The van der Waals surface area contributed by atoms with Crippen molar-refractivity contribution in [3.8, 4) is 0 Å². The predicted molar refractivity (Wildman–Crippen MR) is 128 cm³/mol. The molecule has 0 spiro atoms. The van der Waals surface area contributed by atoms with Gasteiger partial charge in [0.2, 0.25) is 5.95 Å². The Bertz CT molecular complexity index is 1230. The first-order chi connectivity index (χ1) is 14.6. The van der Waals surface area contributed by atoms with Gasteiger partial charge in [-0.1, -0.05) is 0 Å². The van der Waals surface area contributed by atoms with Gasteiger partial charge in [-0.3, -0.25) is 18.9 Å². The van der Waals surface area contributed by atoms with Crippen molar-refractivity contribution in [1.82, 2.24) is 19.5 Å². The molecule has 26 heteroatoms. The van der Waals surface area contributed by atoms with E-state index < -0.39 is 59.1 Å². The topological polar surface area (TPSA) is 282 Å². The van der Waals surface area contributed by atoms with E-state index in [0.717, 1.165) is 10.9 Å². The Morgan fingerprint density at radius 3 is 2.22 bits per heavy atom. The third-order valence-corrected chi connectivity index (χ3v) is 8.28. The molecule has 0 aliphatic carbocycles. The number of H-pyrrole nitrogens is 1. The van der Waals surface area contributed by atoms with Gasteiger partial charge in [0.25, 0.3) is 5.56 Å². The molecular formula is C10H16Li4N5O13P3S. The molecule has 9 N–H and O–H groups in total. The van der Waals surface area contributed by atoms with E-state index in [-0.39, 0.29) is 92.6 Å². The molecule has 3 heterocycles. The van der Waals surface area contributed by atoms with Crippen LogP contribution in [0.25, 0.3) is 11.2 Å². The van der Waals surface area contributed by atoms with Gasteiger partial charge in [-0.25, -0.2) is 18.4 Å². The zero-order valence-corrected chi connectivity index (χ0v) is 22.8. The Hall–Kier alpha value is 1.25. The van der Waals surface area contributed by atoms with Gasteiger partial charge in [-0.15, -0.1) is 0 Å². The molecule has 2 unspecified atom stereocenters. The van der Waals surface area contributed by atoms with Crippen LogP contribution in [0.2, 0.25) is 0 Å². The number of hydrogen-bond acceptors (Lipinski definition) is 13. The molecule has 1 aliphatic heterocycles. The van der Waals surface area contributed by atoms with E-state index in [2.05, 4.69) is 39.9 Å². The van der Waals surface area contributed by atoms with Crippen LogP contribution >= 0.6 is 22.4 Å². The van der Waals surface area contributed by atoms with Crippen LogP contribution in [0, 0.1) is 0 Å². The first-order valence-corrected chi connectivity index (χ1v) is 13.7. The Balaban J connectivity index is 0. The number of imidazole rings is 1. The second-order valence-electron chi connectivity index (χ2n) is 6.21. The summed E-state index contributed by atoms with van der Waals surface area (Å²) in [5.41, 5.74) is 4.56. The number of ether oxygens (including phenoxy) is 1. The monoisotopic (exact) mass is 567 g/mol. The minimum atomic E-state index is -5.52. The molecule has 2 aromatic heterocycles. The minimum Gasteiger partial charge on any atom is -0.387 e. The molecule has 184 valence electrons. The Kier molecular flexibility index (Phi) is 16.1. The zero-order valence-electron chi connectivity index (χ0n) is 19.3. The fourth-order valence-electron chi connectivity index (χ4n) is 2.70. The summed E-state index contributed by atoms with van der Waals surface area (Å²) in [5, 5.41) is 20.5. The van der Waals surface area contributed by atoms with Gasteiger partial charge >= 0.3 is 22.4 Å². The molecule has 3 rings (SSSR count). The number of nitrogens with zero attached hydrogens (tertiary/aromatic N) is 3. The summed E-state index contributed by atoms with van der Waals surface area (Å²) in [7, 11) is -10.9. The minimum absolute atomic E-state index is 0. The summed E-state index contributed by atoms with van der Waals surface area (Å²) in [5.74, 6) is -0.262. The molecule has 36 heavy (non-hydrogen) atoms. The van der Waals surface area contributed by atoms with Gasteiger partial charge in [0.05, 0.1) is 12.9 Å². The molecule has 0 bridgehead atoms. The fraction of sp³-hybridized carbons (Fsp3) is 0.500. The average Bonchev–Trinajstić information content (AvgIpc) is 3.12. The van der Waals surface area contributed by atoms with Gasteiger partial charge in [0.1, 0.15) is 18.3 Å². The summed E-state index contributed by atoms with van der Waals surface area (Å²) < 4.78 is 41.9. The van der Waals surface area contributed by atoms with Crippen molar-refractivity contribution in [3.05, 3.63) is 16.7 Å². The number of fused-ring (bicyclic) bond motifs is 1. The number of rotatable bonds is 8. The molecule has 0 saturated carbocycles. The largest absolute Gasteiger partial charge is 0.488 e. The second-order valence-corrected chi connectivity index (χ2v) is 12.1. The summed E-state index contributed by atoms with van der Waals surface area (Å²) in [6.07, 6.45) is -5.18. The van der Waals surface area contributed by atoms with Crippen molar-refractivity contribution in [1.29, 1.82) is 0 Å². The van der Waals surface area contributed by atoms with E-state index in [0.29, 0.717) is 0 Å². The van der Waals surface area contributed by atoms with Crippen molar-refractivity contribution < 1.29 is 56.8 Å². The molecule has 2 aromatic rings. The maximum atomic E-state index is 11.9. The standard InChI is InChI=1S/C10H16N5O13P3S.4Li/c11-10-13-7-4(8(18)14-10)12-2-15(7)9-6(17)5(16)3(26-9)1-25-29(19,20)27-30(21,22)28-31(23,24)32;;;;/h2-3,5-6,9,16-17H,1H2,(H,19,20)(H,21,22)(H2,23,24,32)(H3,11,13,14,18);;;;/t3-,5-,6-,9-;;;;/m1..../s1. The molecule has 6 atom stereocenters. The number of nitrogens with two attached hydrogens (primary N) is 1. The zero-order chi connectivity index (χ0) is 24.1. The van der Waals surface area contributed by atoms with Gasteiger partial charge in [-0.05, 0) is 11.8 Å². The number of phosphoric ester groups is 1. The van der Waals surface area contributed by atoms with Crippen LogP contribution in [0.1, 0.15) is 6.23 Å². The van der Waals surface area contributed by atoms with Gasteiger partial charge < -0.3 is 40.3 Å². The van der Waals surface area contributed by atoms with Crippen LogP contribution in [-0.4, -0.2) is 150 Å². The van der Waals surface area contributed by atoms with Gasteiger partial charge in [-0.2, -0.15) is 9.29 Å². The number of phosphoric acid groups is 2. The average molecular weight is 567 g/mol. The normalized spacial score (nSPS) is 24.8. The predicted octanol–water partition coefficient (Wildman–Crippen LogP) is -3.74. The van der Waals surface area contributed by atoms with Crippen molar-refractivity contribution >= 4 is 127 Å². The summed E-state index contributed by atoms with van der Waals surface area (Å²) >= 11 is 3.96. The van der Waals surface area contributed by atoms with Crippen LogP contribution in [0.5, 0.6) is 0 Å². The van der Waals surface area contributed by atoms with Gasteiger partial charge in [0.15, 0.2) is 17.4 Å². The van der Waals surface area contributed by atoms with Crippen LogP contribution in [0.3, 0.4) is 0 Å². The Morgan fingerprint density at radius 2 is 1.67 bits per heavy atom. The smallest absolute Gasteiger partial charge is 0.387 e. The van der Waals surface area contributed by atoms with E-state index >= 15 is 0 Å². The number of aliphatic hydroxyl groups excluding tert-OH is 2. The number of nitrogen functional groups attached to an aromatic ring is 1. The number of aliphatic hydroxyl groups is 2. The van der Waals surface area contributed by atoms with E-state index in [4.69, 9.17) is 20.3 Å². The van der Waals surface area contributed by atoms with Crippen LogP contribution in [0.4, 0.5) is 5.95 Å². The quantitative estimate of drug-likeness (QED) is 0.112. The van der Waals surface area contributed by atoms with Crippen LogP contribution < -0.4 is 11.3 Å². The number of aromatic amines is 1. The van der Waals surface area contributed by atoms with Crippen molar-refractivity contribution in [3.63, 3.8) is 0 Å². The van der Waals surface area contributed by atoms with Crippen LogP contribution in [0.15, 0.2) is 11.1 Å². The molecule has 1 aliphatic rings. The fourth-order valence-corrected chi connectivity index (χ4v) is 6.49. The van der Waals surface area contributed by atoms with E-state index in [1.54, 1.807) is 0 Å². The summed E-state index contributed by atoms with van der Waals surface area (Å²) in [4.78, 5) is 58.3. The summed E-state index contributed by atoms with van der Waals surface area (Å²) in [6, 6.07) is 0. The SMILES string of the molecule is Nc1nc2c(ncn2[C@@H]2O[C@H](COP(=O)(O)OP(=O)(O)OP(O)(O)=S)[C@@H](O)[C@H]2O)c(=O)[nH]1.[Li].[Li].[Li].[Li]. The van der Waals surface area contributed by atoms with Crippen molar-refractivity contribution in [2.24, 2.45) is 0 Å². The molecule has 0 amide bonds. The first-order valence-electron chi connectivity index (χ1n) is 8.11. The Morgan fingerprint density at radius 1 is 1.08 bits per heavy atom. The number of hydrogen-bond donors (Lipinski definition) is 8. The number of nitrogens with one attached hydrogen (secondary N) is 1. The number of anilines is 1. The van der Waals surface area contributed by atoms with Crippen molar-refractivity contribution in [2.45, 2.75) is 24.5 Å². The first kappa shape index (κ1) is 39.4. The van der Waals surface area contributed by atoms with E-state index in [1.807, 2.05) is 0 Å². The number of aromatic nitrogens is 4. The Labute approximate surface area is 254 Å². The van der Waals surface area contributed by atoms with E-state index in [1.165, 1.54) is 0 Å².